The number of piperidine rings is 1. The Labute approximate surface area is 146 Å². The van der Waals surface area contributed by atoms with E-state index >= 15 is 0 Å². The topological polar surface area (TPSA) is 83.7 Å². The number of hydrogen-bond acceptors (Lipinski definition) is 5. The van der Waals surface area contributed by atoms with Gasteiger partial charge in [0.2, 0.25) is 15.9 Å². The van der Waals surface area contributed by atoms with Gasteiger partial charge in [-0.1, -0.05) is 12.1 Å². The highest BCUT2D eigenvalue weighted by atomic mass is 32.2. The summed E-state index contributed by atoms with van der Waals surface area (Å²) in [5, 5.41) is 0. The zero-order valence-electron chi connectivity index (χ0n) is 13.9. The molecule has 1 atom stereocenters. The van der Waals surface area contributed by atoms with Gasteiger partial charge in [0.1, 0.15) is 5.52 Å². The summed E-state index contributed by atoms with van der Waals surface area (Å²) in [6.45, 7) is 1.57. The summed E-state index contributed by atoms with van der Waals surface area (Å²) < 4.78 is 30.9. The first-order valence-electron chi connectivity index (χ1n) is 8.64. The number of fused-ring (bicyclic) bond motifs is 1. The van der Waals surface area contributed by atoms with Crippen LogP contribution in [0.5, 0.6) is 0 Å². The van der Waals surface area contributed by atoms with Crippen LogP contribution in [0.15, 0.2) is 28.7 Å². The van der Waals surface area contributed by atoms with Crippen molar-refractivity contribution in [3.63, 3.8) is 0 Å². The maximum absolute atomic E-state index is 12.6. The van der Waals surface area contributed by atoms with Crippen molar-refractivity contribution in [3.8, 4) is 0 Å². The van der Waals surface area contributed by atoms with Gasteiger partial charge in [-0.2, -0.15) is 4.31 Å². The van der Waals surface area contributed by atoms with Crippen molar-refractivity contribution < 1.29 is 17.6 Å². The Morgan fingerprint density at radius 2 is 2.08 bits per heavy atom. The fourth-order valence-electron chi connectivity index (χ4n) is 3.59. The second-order valence-corrected chi connectivity index (χ2v) is 8.79. The molecule has 0 saturated carbocycles. The molecular weight excluding hydrogens is 342 g/mol. The average molecular weight is 363 g/mol. The summed E-state index contributed by atoms with van der Waals surface area (Å²) in [6, 6.07) is 7.62. The highest BCUT2D eigenvalue weighted by molar-refractivity contribution is 7.89. The Hall–Kier alpha value is -1.93. The number of rotatable bonds is 3. The van der Waals surface area contributed by atoms with E-state index in [1.807, 2.05) is 24.3 Å². The smallest absolute Gasteiger partial charge is 0.237 e. The molecule has 1 aromatic heterocycles. The molecule has 8 heteroatoms. The predicted octanol–water partition coefficient (Wildman–Crippen LogP) is 1.57. The van der Waals surface area contributed by atoms with E-state index in [2.05, 4.69) is 4.98 Å². The first-order valence-corrected chi connectivity index (χ1v) is 10.2. The Morgan fingerprint density at radius 1 is 1.24 bits per heavy atom. The van der Waals surface area contributed by atoms with Gasteiger partial charge >= 0.3 is 0 Å². The fraction of sp³-hybridized carbons (Fsp3) is 0.529. The first-order chi connectivity index (χ1) is 12.0. The summed E-state index contributed by atoms with van der Waals surface area (Å²) in [5.74, 6) is 0.727. The van der Waals surface area contributed by atoms with Gasteiger partial charge in [-0.05, 0) is 31.4 Å². The molecule has 7 nitrogen and oxygen atoms in total. The average Bonchev–Trinajstić information content (AvgIpc) is 3.18. The van der Waals surface area contributed by atoms with Gasteiger partial charge in [-0.3, -0.25) is 4.79 Å². The quantitative estimate of drug-likeness (QED) is 0.826. The molecule has 1 aromatic carbocycles. The minimum Gasteiger partial charge on any atom is -0.440 e. The van der Waals surface area contributed by atoms with Crippen molar-refractivity contribution in [3.05, 3.63) is 30.2 Å². The van der Waals surface area contributed by atoms with Crippen LogP contribution in [-0.2, 0) is 14.8 Å². The number of sulfonamides is 1. The lowest BCUT2D eigenvalue weighted by molar-refractivity contribution is -0.132. The molecule has 2 aliphatic heterocycles. The van der Waals surface area contributed by atoms with Crippen LogP contribution in [0, 0.1) is 0 Å². The molecule has 2 aromatic rings. The second kappa shape index (κ2) is 6.42. The van der Waals surface area contributed by atoms with Crippen LogP contribution in [-0.4, -0.2) is 60.4 Å². The van der Waals surface area contributed by atoms with Gasteiger partial charge in [0.15, 0.2) is 11.5 Å². The molecule has 4 rings (SSSR count). The molecule has 0 aliphatic carbocycles. The number of oxazole rings is 1. The number of aromatic nitrogens is 1. The van der Waals surface area contributed by atoms with Crippen LogP contribution in [0.3, 0.4) is 0 Å². The molecule has 0 N–H and O–H groups in total. The summed E-state index contributed by atoms with van der Waals surface area (Å²) in [4.78, 5) is 18.9. The van der Waals surface area contributed by atoms with E-state index in [-0.39, 0.29) is 24.1 Å². The van der Waals surface area contributed by atoms with Crippen molar-refractivity contribution in [1.82, 2.24) is 14.2 Å². The Balaban J connectivity index is 1.46. The summed E-state index contributed by atoms with van der Waals surface area (Å²) in [6.07, 6.45) is 2.38. The molecule has 2 aliphatic rings. The fourth-order valence-corrected chi connectivity index (χ4v) is 5.06. The zero-order valence-corrected chi connectivity index (χ0v) is 14.7. The molecule has 1 amide bonds. The van der Waals surface area contributed by atoms with E-state index in [1.165, 1.54) is 4.31 Å². The van der Waals surface area contributed by atoms with Gasteiger partial charge < -0.3 is 9.32 Å². The van der Waals surface area contributed by atoms with Crippen molar-refractivity contribution in [2.75, 3.05) is 31.9 Å². The summed E-state index contributed by atoms with van der Waals surface area (Å²) >= 11 is 0. The lowest BCUT2D eigenvalue weighted by Crippen LogP contribution is -2.45. The van der Waals surface area contributed by atoms with E-state index in [4.69, 9.17) is 4.42 Å². The molecule has 25 heavy (non-hydrogen) atoms. The maximum atomic E-state index is 12.6. The normalized spacial score (nSPS) is 24.0. The van der Waals surface area contributed by atoms with E-state index in [0.717, 1.165) is 23.9 Å². The number of likely N-dealkylation sites (tertiary alicyclic amines) is 1. The minimum atomic E-state index is -3.25. The Morgan fingerprint density at radius 3 is 2.84 bits per heavy atom. The highest BCUT2D eigenvalue weighted by Crippen LogP contribution is 2.29. The molecule has 0 bridgehead atoms. The van der Waals surface area contributed by atoms with E-state index in [1.54, 1.807) is 4.90 Å². The van der Waals surface area contributed by atoms with Crippen molar-refractivity contribution >= 4 is 27.0 Å². The maximum Gasteiger partial charge on any atom is 0.237 e. The van der Waals surface area contributed by atoms with Crippen molar-refractivity contribution in [1.29, 1.82) is 0 Å². The number of carbonyl (C=O) groups is 1. The predicted molar refractivity (Wildman–Crippen MR) is 92.5 cm³/mol. The number of hydrogen-bond donors (Lipinski definition) is 0. The van der Waals surface area contributed by atoms with Gasteiger partial charge in [0.05, 0.1) is 18.2 Å². The number of amides is 1. The highest BCUT2D eigenvalue weighted by Gasteiger charge is 2.33. The third-order valence-electron chi connectivity index (χ3n) is 4.95. The molecule has 3 heterocycles. The molecule has 1 unspecified atom stereocenters. The second-order valence-electron chi connectivity index (χ2n) is 6.70. The lowest BCUT2D eigenvalue weighted by Gasteiger charge is -2.32. The van der Waals surface area contributed by atoms with Crippen LogP contribution in [0.25, 0.3) is 11.1 Å². The SMILES string of the molecule is O=C(CN1CCCS1(=O)=O)N1CCCC(c2nc3ccccc3o2)C1. The van der Waals surface area contributed by atoms with Gasteiger partial charge in [0.25, 0.3) is 0 Å². The van der Waals surface area contributed by atoms with Crippen LogP contribution in [0.2, 0.25) is 0 Å². The van der Waals surface area contributed by atoms with Crippen molar-refractivity contribution in [2.24, 2.45) is 0 Å². The standard InChI is InChI=1S/C17H21N3O4S/c21-16(12-20-9-4-10-25(20,22)23)19-8-3-5-13(11-19)17-18-14-6-1-2-7-15(14)24-17/h1-2,6-7,13H,3-5,8-12H2. The summed E-state index contributed by atoms with van der Waals surface area (Å²) in [5.41, 5.74) is 1.58. The number of benzene rings is 1. The molecule has 0 radical (unpaired) electrons. The van der Waals surface area contributed by atoms with Gasteiger partial charge in [-0.15, -0.1) is 0 Å². The number of nitrogens with zero attached hydrogens (tertiary/aromatic N) is 3. The summed E-state index contributed by atoms with van der Waals surface area (Å²) in [7, 11) is -3.25. The first kappa shape index (κ1) is 16.5. The lowest BCUT2D eigenvalue weighted by atomic mass is 9.98. The van der Waals surface area contributed by atoms with Crippen LogP contribution in [0.1, 0.15) is 31.1 Å². The largest absolute Gasteiger partial charge is 0.440 e. The van der Waals surface area contributed by atoms with Crippen molar-refractivity contribution in [2.45, 2.75) is 25.2 Å². The minimum absolute atomic E-state index is 0.0530. The van der Waals surface area contributed by atoms with Gasteiger partial charge in [-0.25, -0.2) is 13.4 Å². The Kier molecular flexibility index (Phi) is 4.24. The van der Waals surface area contributed by atoms with Gasteiger partial charge in [0, 0.05) is 19.6 Å². The van der Waals surface area contributed by atoms with Crippen LogP contribution in [0.4, 0.5) is 0 Å². The molecule has 134 valence electrons. The van der Waals surface area contributed by atoms with E-state index in [9.17, 15) is 13.2 Å². The van der Waals surface area contributed by atoms with E-state index in [0.29, 0.717) is 31.9 Å². The molecular formula is C17H21N3O4S. The van der Waals surface area contributed by atoms with Crippen LogP contribution >= 0.6 is 0 Å². The van der Waals surface area contributed by atoms with E-state index < -0.39 is 10.0 Å². The molecule has 2 fully saturated rings. The third-order valence-corrected chi connectivity index (χ3v) is 6.85. The monoisotopic (exact) mass is 363 g/mol. The molecule has 2 saturated heterocycles. The third kappa shape index (κ3) is 3.28. The zero-order chi connectivity index (χ0) is 17.4. The van der Waals surface area contributed by atoms with Crippen LogP contribution < -0.4 is 0 Å². The number of carbonyl (C=O) groups excluding carboxylic acids is 1. The number of para-hydroxylation sites is 2. The Bertz CT molecular complexity index is 859. The molecule has 0 spiro atoms.